The summed E-state index contributed by atoms with van der Waals surface area (Å²) in [7, 11) is 0. The lowest BCUT2D eigenvalue weighted by Gasteiger charge is -2.13. The summed E-state index contributed by atoms with van der Waals surface area (Å²) in [6.07, 6.45) is 0.582. The molecule has 1 unspecified atom stereocenters. The van der Waals surface area contributed by atoms with E-state index in [0.717, 1.165) is 5.82 Å². The van der Waals surface area contributed by atoms with Gasteiger partial charge in [0.05, 0.1) is 17.2 Å². The fraction of sp³-hybridized carbons (Fsp3) is 0.188. The monoisotopic (exact) mass is 330 g/mol. The van der Waals surface area contributed by atoms with Gasteiger partial charge < -0.3 is 15.4 Å². The lowest BCUT2D eigenvalue weighted by atomic mass is 10.1. The molecule has 0 bridgehead atoms. The van der Waals surface area contributed by atoms with Crippen LogP contribution in [-0.4, -0.2) is 32.5 Å². The van der Waals surface area contributed by atoms with E-state index in [-0.39, 0.29) is 12.5 Å². The van der Waals surface area contributed by atoms with Crippen LogP contribution in [0.4, 0.5) is 0 Å². The molecular formula is C16H15ClN4O2. The highest BCUT2D eigenvalue weighted by atomic mass is 35.5. The number of H-pyrrole nitrogens is 1. The largest absolute Gasteiger partial charge is 0.387 e. The van der Waals surface area contributed by atoms with Crippen LogP contribution < -0.4 is 5.32 Å². The number of carbonyl (C=O) groups is 1. The molecule has 3 rings (SSSR count). The Balaban J connectivity index is 1.69. The van der Waals surface area contributed by atoms with E-state index in [1.165, 1.54) is 6.20 Å². The number of rotatable bonds is 4. The van der Waals surface area contributed by atoms with Crippen molar-refractivity contribution in [1.82, 2.24) is 20.3 Å². The van der Waals surface area contributed by atoms with E-state index in [4.69, 9.17) is 11.6 Å². The molecule has 6 nitrogen and oxygen atoms in total. The van der Waals surface area contributed by atoms with Crippen LogP contribution in [0.1, 0.15) is 27.8 Å². The maximum absolute atomic E-state index is 12.2. The van der Waals surface area contributed by atoms with Crippen molar-refractivity contribution >= 4 is 28.7 Å². The lowest BCUT2D eigenvalue weighted by Crippen LogP contribution is -2.28. The van der Waals surface area contributed by atoms with Crippen molar-refractivity contribution in [3.8, 4) is 0 Å². The number of halogens is 1. The Bertz CT molecular complexity index is 862. The van der Waals surface area contributed by atoms with Gasteiger partial charge in [0.2, 0.25) is 0 Å². The van der Waals surface area contributed by atoms with Crippen LogP contribution in [0.3, 0.4) is 0 Å². The zero-order valence-electron chi connectivity index (χ0n) is 12.4. The summed E-state index contributed by atoms with van der Waals surface area (Å²) in [4.78, 5) is 23.5. The number of aromatic amines is 1. The minimum Gasteiger partial charge on any atom is -0.387 e. The van der Waals surface area contributed by atoms with Gasteiger partial charge in [0.15, 0.2) is 5.65 Å². The van der Waals surface area contributed by atoms with Gasteiger partial charge in [-0.2, -0.15) is 0 Å². The van der Waals surface area contributed by atoms with Gasteiger partial charge in [-0.15, -0.1) is 0 Å². The number of carbonyl (C=O) groups excluding carboxylic acids is 1. The Morgan fingerprint density at radius 2 is 2.22 bits per heavy atom. The number of imidazole rings is 1. The molecule has 7 heteroatoms. The molecule has 3 N–H and O–H groups in total. The first-order valence-corrected chi connectivity index (χ1v) is 7.45. The molecule has 0 aliphatic heterocycles. The van der Waals surface area contributed by atoms with Gasteiger partial charge in [-0.25, -0.2) is 9.97 Å². The molecule has 3 aromatic rings. The van der Waals surface area contributed by atoms with Gasteiger partial charge in [-0.05, 0) is 19.1 Å². The fourth-order valence-electron chi connectivity index (χ4n) is 2.29. The molecular weight excluding hydrogens is 316 g/mol. The second-order valence-electron chi connectivity index (χ2n) is 5.16. The topological polar surface area (TPSA) is 90.9 Å². The predicted octanol–water partition coefficient (Wildman–Crippen LogP) is 2.38. The minimum absolute atomic E-state index is 0.0581. The Hall–Kier alpha value is -2.44. The number of pyridine rings is 1. The highest BCUT2D eigenvalue weighted by molar-refractivity contribution is 6.31. The molecule has 0 saturated carbocycles. The molecule has 0 aliphatic carbocycles. The summed E-state index contributed by atoms with van der Waals surface area (Å²) in [6, 6.07) is 8.66. The third-order valence-electron chi connectivity index (χ3n) is 3.44. The Labute approximate surface area is 137 Å². The summed E-state index contributed by atoms with van der Waals surface area (Å²) in [6.45, 7) is 1.88. The van der Waals surface area contributed by atoms with Crippen LogP contribution in [0.2, 0.25) is 5.02 Å². The molecule has 0 saturated heterocycles. The van der Waals surface area contributed by atoms with Gasteiger partial charge in [-0.1, -0.05) is 29.8 Å². The van der Waals surface area contributed by atoms with Gasteiger partial charge in [0, 0.05) is 23.3 Å². The van der Waals surface area contributed by atoms with Crippen molar-refractivity contribution in [2.45, 2.75) is 13.0 Å². The average molecular weight is 331 g/mol. The third-order valence-corrected chi connectivity index (χ3v) is 3.78. The second-order valence-corrected chi connectivity index (χ2v) is 5.57. The van der Waals surface area contributed by atoms with Crippen LogP contribution in [0.5, 0.6) is 0 Å². The summed E-state index contributed by atoms with van der Waals surface area (Å²) in [5.41, 5.74) is 2.23. The Kier molecular flexibility index (Phi) is 4.27. The lowest BCUT2D eigenvalue weighted by molar-refractivity contribution is 0.0916. The van der Waals surface area contributed by atoms with Crippen LogP contribution in [0.25, 0.3) is 11.2 Å². The van der Waals surface area contributed by atoms with E-state index in [1.54, 1.807) is 30.3 Å². The number of aliphatic hydroxyl groups excluding tert-OH is 1. The molecule has 23 heavy (non-hydrogen) atoms. The number of hydrogen-bond acceptors (Lipinski definition) is 4. The highest BCUT2D eigenvalue weighted by Gasteiger charge is 2.14. The molecule has 1 aromatic carbocycles. The van der Waals surface area contributed by atoms with Crippen LogP contribution in [-0.2, 0) is 0 Å². The number of nitrogens with one attached hydrogen (secondary N) is 2. The van der Waals surface area contributed by atoms with Gasteiger partial charge in [-0.3, -0.25) is 4.79 Å². The number of aryl methyl sites for hydroxylation is 1. The van der Waals surface area contributed by atoms with E-state index in [2.05, 4.69) is 20.3 Å². The quantitative estimate of drug-likeness (QED) is 0.685. The number of amides is 1. The zero-order valence-corrected chi connectivity index (χ0v) is 13.1. The van der Waals surface area contributed by atoms with Crippen LogP contribution in [0.15, 0.2) is 36.5 Å². The standard InChI is InChI=1S/C16H15ClN4O2/c1-9-20-13-6-10(7-18-15(13)21-9)16(23)19-8-14(22)11-4-2-3-5-12(11)17/h2-7,14,22H,8H2,1H3,(H,19,23)(H,18,20,21). The number of benzene rings is 1. The van der Waals surface area contributed by atoms with Crippen molar-refractivity contribution in [3.63, 3.8) is 0 Å². The summed E-state index contributed by atoms with van der Waals surface area (Å²) in [5, 5.41) is 13.3. The normalized spacial score (nSPS) is 12.3. The first-order valence-electron chi connectivity index (χ1n) is 7.07. The van der Waals surface area contributed by atoms with Gasteiger partial charge in [0.25, 0.3) is 5.91 Å². The number of aliphatic hydroxyl groups is 1. The van der Waals surface area contributed by atoms with Crippen molar-refractivity contribution < 1.29 is 9.90 Å². The van der Waals surface area contributed by atoms with E-state index in [0.29, 0.717) is 27.3 Å². The highest BCUT2D eigenvalue weighted by Crippen LogP contribution is 2.22. The van der Waals surface area contributed by atoms with E-state index in [9.17, 15) is 9.90 Å². The van der Waals surface area contributed by atoms with Crippen molar-refractivity contribution in [2.75, 3.05) is 6.54 Å². The second kappa shape index (κ2) is 6.36. The number of hydrogen-bond donors (Lipinski definition) is 3. The first-order chi connectivity index (χ1) is 11.0. The molecule has 0 spiro atoms. The number of fused-ring (bicyclic) bond motifs is 1. The van der Waals surface area contributed by atoms with Gasteiger partial charge >= 0.3 is 0 Å². The number of aromatic nitrogens is 3. The third kappa shape index (κ3) is 3.33. The fourth-order valence-corrected chi connectivity index (χ4v) is 2.55. The molecule has 1 atom stereocenters. The smallest absolute Gasteiger partial charge is 0.253 e. The maximum atomic E-state index is 12.2. The predicted molar refractivity (Wildman–Crippen MR) is 87.4 cm³/mol. The molecule has 2 heterocycles. The summed E-state index contributed by atoms with van der Waals surface area (Å²) < 4.78 is 0. The Morgan fingerprint density at radius 1 is 1.43 bits per heavy atom. The van der Waals surface area contributed by atoms with E-state index >= 15 is 0 Å². The average Bonchev–Trinajstić information content (AvgIpc) is 2.91. The van der Waals surface area contributed by atoms with Gasteiger partial charge in [0.1, 0.15) is 5.82 Å². The molecule has 0 aliphatic rings. The van der Waals surface area contributed by atoms with Crippen LogP contribution >= 0.6 is 11.6 Å². The molecule has 0 fully saturated rings. The molecule has 0 radical (unpaired) electrons. The minimum atomic E-state index is -0.876. The molecule has 1 amide bonds. The molecule has 2 aromatic heterocycles. The Morgan fingerprint density at radius 3 is 3.00 bits per heavy atom. The summed E-state index contributed by atoms with van der Waals surface area (Å²) >= 11 is 6.03. The van der Waals surface area contributed by atoms with Crippen LogP contribution in [0, 0.1) is 6.92 Å². The van der Waals surface area contributed by atoms with Crippen molar-refractivity contribution in [3.05, 3.63) is 58.5 Å². The van der Waals surface area contributed by atoms with Crippen molar-refractivity contribution in [2.24, 2.45) is 0 Å². The van der Waals surface area contributed by atoms with Crippen molar-refractivity contribution in [1.29, 1.82) is 0 Å². The van der Waals surface area contributed by atoms with E-state index in [1.807, 2.05) is 6.92 Å². The summed E-state index contributed by atoms with van der Waals surface area (Å²) in [5.74, 6) is 0.414. The zero-order chi connectivity index (χ0) is 16.4. The van der Waals surface area contributed by atoms with E-state index < -0.39 is 6.10 Å². The maximum Gasteiger partial charge on any atom is 0.253 e. The first kappa shape index (κ1) is 15.5. The molecule has 118 valence electrons. The number of nitrogens with zero attached hydrogens (tertiary/aromatic N) is 2. The SMILES string of the molecule is Cc1nc2ncc(C(=O)NCC(O)c3ccccc3Cl)cc2[nH]1.